The van der Waals surface area contributed by atoms with E-state index in [0.717, 1.165) is 0 Å². The molecule has 0 saturated carbocycles. The van der Waals surface area contributed by atoms with Crippen LogP contribution in [-0.2, 0) is 20.9 Å². The minimum absolute atomic E-state index is 0. The summed E-state index contributed by atoms with van der Waals surface area (Å²) >= 11 is 1.53. The first-order valence-electron chi connectivity index (χ1n) is 6.96. The third-order valence-corrected chi connectivity index (χ3v) is 3.83. The quantitative estimate of drug-likeness (QED) is 0.199. The Morgan fingerprint density at radius 2 is 0.559 bits per heavy atom. The van der Waals surface area contributed by atoms with Crippen molar-refractivity contribution in [1.29, 1.82) is 0 Å². The molecule has 22 heteroatoms. The molecule has 0 aromatic carbocycles. The van der Waals surface area contributed by atoms with Gasteiger partial charge in [-0.3, -0.25) is 0 Å². The van der Waals surface area contributed by atoms with E-state index in [2.05, 4.69) is 17.2 Å². The summed E-state index contributed by atoms with van der Waals surface area (Å²) in [6.45, 7) is 4.14. The predicted molar refractivity (Wildman–Crippen MR) is 70.2 cm³/mol. The van der Waals surface area contributed by atoms with Gasteiger partial charge in [0.25, 0.3) is 0 Å². The van der Waals surface area contributed by atoms with Gasteiger partial charge < -0.3 is 17.6 Å². The van der Waals surface area contributed by atoms with Crippen LogP contribution in [-0.4, -0.2) is 64.5 Å². The van der Waals surface area contributed by atoms with Gasteiger partial charge in [0.2, 0.25) is 0 Å². The summed E-state index contributed by atoms with van der Waals surface area (Å²) < 4.78 is 209. The molecule has 0 atom stereocenters. The summed E-state index contributed by atoms with van der Waals surface area (Å²) in [4.78, 5) is 0. The molecule has 0 fully saturated rings. The summed E-state index contributed by atoms with van der Waals surface area (Å²) in [5, 5.41) is 15.3. The Morgan fingerprint density at radius 1 is 0.471 bits per heavy atom. The molecule has 0 amide bonds. The van der Waals surface area contributed by atoms with Crippen LogP contribution in [0.3, 0.4) is 0 Å². The molecule has 2 N–H and O–H groups in total. The van der Waals surface area contributed by atoms with Crippen LogP contribution < -0.4 is 0 Å². The zero-order valence-electron chi connectivity index (χ0n) is 16.2. The maximum atomic E-state index is 11.4. The first-order valence-corrected chi connectivity index (χ1v) is 7.95. The van der Waals surface area contributed by atoms with Crippen molar-refractivity contribution < 1.29 is 110 Å². The monoisotopic (exact) mass is 637 g/mol. The maximum Gasteiger partial charge on any atom is 0.435 e. The number of hydrogen-bond acceptors (Lipinski definition) is 3. The second kappa shape index (κ2) is 12.0. The zero-order valence-corrected chi connectivity index (χ0v) is 18.4. The van der Waals surface area contributed by atoms with Gasteiger partial charge in [0.1, 0.15) is 0 Å². The van der Waals surface area contributed by atoms with Gasteiger partial charge in [0.15, 0.2) is 0 Å². The van der Waals surface area contributed by atoms with Gasteiger partial charge >= 0.3 is 92.4 Å². The Balaban J connectivity index is -0.000000216. The molecular formula is C12H12F18NNbO2-. The molecule has 0 heterocycles. The van der Waals surface area contributed by atoms with Gasteiger partial charge in [-0.05, 0) is 0 Å². The Bertz CT molecular complexity index is 489. The van der Waals surface area contributed by atoms with Crippen molar-refractivity contribution in [3.05, 3.63) is 7.43 Å². The van der Waals surface area contributed by atoms with Gasteiger partial charge in [0.05, 0.1) is 0 Å². The second-order valence-electron chi connectivity index (χ2n) is 5.62. The normalized spacial score (nSPS) is 14.3. The summed E-state index contributed by atoms with van der Waals surface area (Å²) in [7, 11) is 0. The van der Waals surface area contributed by atoms with E-state index in [0.29, 0.717) is 6.04 Å². The Morgan fingerprint density at radius 3 is 0.559 bits per heavy atom. The van der Waals surface area contributed by atoms with Crippen molar-refractivity contribution in [1.82, 2.24) is 0 Å². The van der Waals surface area contributed by atoms with Gasteiger partial charge in [-0.1, -0.05) is 0 Å². The van der Waals surface area contributed by atoms with Gasteiger partial charge in [-0.25, -0.2) is 0 Å². The SMILES string of the molecule is CC(C)[N]=[Nb].OC(C(F)(F)F)(C(F)(F)F)C(F)(F)F.OC(C(F)(F)F)(C(F)(F)F)C(F)(F)F.[CH3-]. The summed E-state index contributed by atoms with van der Waals surface area (Å²) in [6, 6.07) is 0.531. The fraction of sp³-hybridized carbons (Fsp3) is 0.917. The molecule has 0 spiro atoms. The third kappa shape index (κ3) is 9.34. The van der Waals surface area contributed by atoms with E-state index in [1.54, 1.807) is 0 Å². The van der Waals surface area contributed by atoms with Crippen LogP contribution in [0.2, 0.25) is 0 Å². The molecule has 34 heavy (non-hydrogen) atoms. The van der Waals surface area contributed by atoms with Gasteiger partial charge in [-0.2, -0.15) is 79.0 Å². The van der Waals surface area contributed by atoms with E-state index in [-0.39, 0.29) is 7.43 Å². The zero-order chi connectivity index (χ0) is 28.3. The smallest absolute Gasteiger partial charge is 0.367 e. The largest absolute Gasteiger partial charge is 0.435 e. The Kier molecular flexibility index (Phi) is 14.2. The van der Waals surface area contributed by atoms with E-state index >= 15 is 0 Å². The average molecular weight is 637 g/mol. The molecular weight excluding hydrogens is 625 g/mol. The van der Waals surface area contributed by atoms with Crippen LogP contribution in [0, 0.1) is 7.43 Å². The number of halogens is 18. The van der Waals surface area contributed by atoms with E-state index in [9.17, 15) is 79.0 Å². The van der Waals surface area contributed by atoms with Crippen molar-refractivity contribution in [2.75, 3.05) is 0 Å². The number of alkyl halides is 18. The van der Waals surface area contributed by atoms with Crippen molar-refractivity contribution in [2.45, 2.75) is 68.1 Å². The predicted octanol–water partition coefficient (Wildman–Crippen LogP) is 6.38. The van der Waals surface area contributed by atoms with Crippen LogP contribution in [0.25, 0.3) is 0 Å². The fourth-order valence-corrected chi connectivity index (χ4v) is 0.964. The molecule has 0 unspecified atom stereocenters. The molecule has 0 aromatic heterocycles. The maximum absolute atomic E-state index is 11.4. The molecule has 0 aliphatic carbocycles. The molecule has 0 rings (SSSR count). The van der Waals surface area contributed by atoms with Crippen molar-refractivity contribution in [3.8, 4) is 0 Å². The van der Waals surface area contributed by atoms with Gasteiger partial charge in [0, 0.05) is 0 Å². The first kappa shape index (κ1) is 40.4. The second-order valence-corrected chi connectivity index (χ2v) is 6.18. The van der Waals surface area contributed by atoms with E-state index in [4.69, 9.17) is 10.2 Å². The molecule has 0 bridgehead atoms. The standard InChI is InChI=1S/2C4HF9O.C3H7N.CH3.Nb/c2*5-2(6,7)1(14,3(8,9)10)4(11,12)13;1-3(2)4;;/h2*14H;3H,1-2H3;1H3;/q;;;-1;. The Labute approximate surface area is 189 Å². The van der Waals surface area contributed by atoms with Crippen molar-refractivity contribution >= 4 is 0 Å². The molecule has 0 aliphatic rings. The van der Waals surface area contributed by atoms with E-state index < -0.39 is 48.3 Å². The molecule has 0 aliphatic heterocycles. The van der Waals surface area contributed by atoms with E-state index in [1.165, 1.54) is 20.9 Å². The third-order valence-electron chi connectivity index (χ3n) is 2.69. The fourth-order valence-electron chi connectivity index (χ4n) is 0.964. The Hall–Kier alpha value is -0.800. The first-order chi connectivity index (χ1) is 13.8. The van der Waals surface area contributed by atoms with Crippen LogP contribution in [0.1, 0.15) is 13.8 Å². The minimum atomic E-state index is -6.87. The van der Waals surface area contributed by atoms with Crippen molar-refractivity contribution in [3.63, 3.8) is 0 Å². The number of hydrogen-bond donors (Lipinski definition) is 2. The molecule has 0 saturated heterocycles. The van der Waals surface area contributed by atoms with Crippen molar-refractivity contribution in [2.24, 2.45) is 3.34 Å². The molecule has 0 aromatic rings. The van der Waals surface area contributed by atoms with Crippen LogP contribution in [0.5, 0.6) is 0 Å². The topological polar surface area (TPSA) is 52.8 Å². The van der Waals surface area contributed by atoms with Crippen LogP contribution in [0.15, 0.2) is 3.34 Å². The van der Waals surface area contributed by atoms with E-state index in [1.807, 2.05) is 0 Å². The minimum Gasteiger partial charge on any atom is -0.367 e. The molecule has 3 nitrogen and oxygen atoms in total. The molecule has 0 radical (unpaired) electrons. The average Bonchev–Trinajstić information content (AvgIpc) is 2.47. The van der Waals surface area contributed by atoms with Gasteiger partial charge in [-0.15, -0.1) is 0 Å². The summed E-state index contributed by atoms with van der Waals surface area (Å²) in [5.41, 5.74) is -13.4. The van der Waals surface area contributed by atoms with Crippen LogP contribution in [0.4, 0.5) is 79.0 Å². The number of rotatable bonds is 1. The van der Waals surface area contributed by atoms with Crippen LogP contribution >= 0.6 is 0 Å². The number of nitrogens with zero attached hydrogens (tertiary/aromatic N) is 1. The summed E-state index contributed by atoms with van der Waals surface area (Å²) in [6.07, 6.45) is -41.2. The summed E-state index contributed by atoms with van der Waals surface area (Å²) in [5.74, 6) is 0. The molecule has 209 valence electrons. The number of aliphatic hydroxyl groups is 2.